The fraction of sp³-hybridized carbons (Fsp3) is 0.400. The summed E-state index contributed by atoms with van der Waals surface area (Å²) in [6.07, 6.45) is 4.35. The Morgan fingerprint density at radius 3 is 2.63 bits per heavy atom. The van der Waals surface area contributed by atoms with Gasteiger partial charge in [-0.15, -0.1) is 6.58 Å². The Bertz CT molecular complexity index is 452. The van der Waals surface area contributed by atoms with Crippen LogP contribution in [0.25, 0.3) is 0 Å². The Balaban J connectivity index is 1.97. The van der Waals surface area contributed by atoms with E-state index in [2.05, 4.69) is 6.58 Å². The third kappa shape index (κ3) is 3.58. The van der Waals surface area contributed by atoms with Crippen molar-refractivity contribution in [3.63, 3.8) is 0 Å². The average Bonchev–Trinajstić information content (AvgIpc) is 3.22. The molecular formula is C15H20N2O2. The van der Waals surface area contributed by atoms with Crippen molar-refractivity contribution < 1.29 is 9.90 Å². The minimum atomic E-state index is -0.537. The first-order valence-corrected chi connectivity index (χ1v) is 6.56. The Labute approximate surface area is 113 Å². The largest absolute Gasteiger partial charge is 0.508 e. The van der Waals surface area contributed by atoms with Gasteiger partial charge >= 0.3 is 0 Å². The van der Waals surface area contributed by atoms with Gasteiger partial charge in [-0.3, -0.25) is 4.79 Å². The van der Waals surface area contributed by atoms with E-state index in [1.54, 1.807) is 30.3 Å². The number of aromatic hydroxyl groups is 1. The van der Waals surface area contributed by atoms with Crippen LogP contribution in [0.5, 0.6) is 5.75 Å². The van der Waals surface area contributed by atoms with Gasteiger partial charge in [0.05, 0.1) is 6.04 Å². The van der Waals surface area contributed by atoms with E-state index in [9.17, 15) is 9.90 Å². The molecule has 0 bridgehead atoms. The number of rotatable bonds is 6. The maximum absolute atomic E-state index is 12.3. The van der Waals surface area contributed by atoms with Crippen molar-refractivity contribution >= 4 is 5.91 Å². The lowest BCUT2D eigenvalue weighted by Crippen LogP contribution is -2.46. The summed E-state index contributed by atoms with van der Waals surface area (Å²) in [6.45, 7) is 4.25. The normalized spacial score (nSPS) is 15.8. The molecule has 4 nitrogen and oxygen atoms in total. The first kappa shape index (κ1) is 13.6. The molecule has 1 atom stereocenters. The molecule has 0 aliphatic heterocycles. The number of hydrogen-bond acceptors (Lipinski definition) is 3. The third-order valence-corrected chi connectivity index (χ3v) is 3.31. The van der Waals surface area contributed by atoms with Crippen molar-refractivity contribution in [1.82, 2.24) is 4.90 Å². The van der Waals surface area contributed by atoms with Crippen LogP contribution in [-0.4, -0.2) is 34.5 Å². The molecule has 102 valence electrons. The second-order valence-electron chi connectivity index (χ2n) is 4.99. The van der Waals surface area contributed by atoms with Gasteiger partial charge in [0.25, 0.3) is 0 Å². The number of nitrogens with zero attached hydrogens (tertiary/aromatic N) is 1. The second kappa shape index (κ2) is 5.89. The standard InChI is InChI=1S/C15H20N2O2/c1-2-9-17(12-5-6-12)15(19)14(16)10-11-3-7-13(18)8-4-11/h2-4,7-8,12,14,18H,1,5-6,9-10,16H2/t14-/m0/s1. The highest BCUT2D eigenvalue weighted by molar-refractivity contribution is 5.82. The summed E-state index contributed by atoms with van der Waals surface area (Å²) in [7, 11) is 0. The summed E-state index contributed by atoms with van der Waals surface area (Å²) < 4.78 is 0. The third-order valence-electron chi connectivity index (χ3n) is 3.31. The number of phenols is 1. The maximum Gasteiger partial charge on any atom is 0.240 e. The van der Waals surface area contributed by atoms with Crippen LogP contribution < -0.4 is 5.73 Å². The predicted molar refractivity (Wildman–Crippen MR) is 74.7 cm³/mol. The number of hydrogen-bond donors (Lipinski definition) is 2. The zero-order valence-corrected chi connectivity index (χ0v) is 11.0. The summed E-state index contributed by atoms with van der Waals surface area (Å²) in [6, 6.07) is 6.60. The topological polar surface area (TPSA) is 66.6 Å². The van der Waals surface area contributed by atoms with Crippen LogP contribution in [0.3, 0.4) is 0 Å². The molecule has 1 aromatic carbocycles. The molecule has 0 aromatic heterocycles. The minimum absolute atomic E-state index is 0.0181. The SMILES string of the molecule is C=CCN(C(=O)[C@@H](N)Cc1ccc(O)cc1)C1CC1. The van der Waals surface area contributed by atoms with Gasteiger partial charge in [-0.1, -0.05) is 18.2 Å². The summed E-state index contributed by atoms with van der Waals surface area (Å²) in [4.78, 5) is 14.1. The van der Waals surface area contributed by atoms with Crippen LogP contribution in [0.1, 0.15) is 18.4 Å². The van der Waals surface area contributed by atoms with Gasteiger partial charge in [-0.25, -0.2) is 0 Å². The van der Waals surface area contributed by atoms with Gasteiger partial charge in [-0.2, -0.15) is 0 Å². The van der Waals surface area contributed by atoms with E-state index in [1.165, 1.54) is 0 Å². The van der Waals surface area contributed by atoms with Gasteiger partial charge in [-0.05, 0) is 37.0 Å². The number of nitrogens with two attached hydrogens (primary N) is 1. The maximum atomic E-state index is 12.3. The number of amides is 1. The van der Waals surface area contributed by atoms with Crippen LogP contribution >= 0.6 is 0 Å². The van der Waals surface area contributed by atoms with Crippen LogP contribution in [0.2, 0.25) is 0 Å². The molecule has 0 radical (unpaired) electrons. The van der Waals surface area contributed by atoms with E-state index >= 15 is 0 Å². The van der Waals surface area contributed by atoms with Gasteiger partial charge < -0.3 is 15.7 Å². The molecule has 19 heavy (non-hydrogen) atoms. The van der Waals surface area contributed by atoms with Crippen molar-refractivity contribution in [3.05, 3.63) is 42.5 Å². The minimum Gasteiger partial charge on any atom is -0.508 e. The highest BCUT2D eigenvalue weighted by Crippen LogP contribution is 2.27. The Morgan fingerprint density at radius 2 is 2.11 bits per heavy atom. The molecule has 0 saturated heterocycles. The van der Waals surface area contributed by atoms with Gasteiger partial charge in [0.1, 0.15) is 5.75 Å². The Kier molecular flexibility index (Phi) is 4.22. The predicted octanol–water partition coefficient (Wildman–Crippen LogP) is 1.44. The molecule has 1 aromatic rings. The second-order valence-corrected chi connectivity index (χ2v) is 4.99. The number of carbonyl (C=O) groups excluding carboxylic acids is 1. The van der Waals surface area contributed by atoms with E-state index in [0.717, 1.165) is 18.4 Å². The fourth-order valence-electron chi connectivity index (χ4n) is 2.13. The van der Waals surface area contributed by atoms with Gasteiger partial charge in [0.15, 0.2) is 0 Å². The van der Waals surface area contributed by atoms with Gasteiger partial charge in [0.2, 0.25) is 5.91 Å². The zero-order valence-electron chi connectivity index (χ0n) is 11.0. The van der Waals surface area contributed by atoms with Crippen molar-refractivity contribution in [1.29, 1.82) is 0 Å². The molecule has 1 aliphatic rings. The number of carbonyl (C=O) groups is 1. The first-order chi connectivity index (χ1) is 9.11. The molecule has 0 unspecified atom stereocenters. The van der Waals surface area contributed by atoms with Crippen molar-refractivity contribution in [2.24, 2.45) is 5.73 Å². The lowest BCUT2D eigenvalue weighted by atomic mass is 10.1. The Morgan fingerprint density at radius 1 is 1.47 bits per heavy atom. The first-order valence-electron chi connectivity index (χ1n) is 6.56. The van der Waals surface area contributed by atoms with Crippen molar-refractivity contribution in [3.8, 4) is 5.75 Å². The molecule has 0 spiro atoms. The average molecular weight is 260 g/mol. The van der Waals surface area contributed by atoms with E-state index in [-0.39, 0.29) is 11.7 Å². The summed E-state index contributed by atoms with van der Waals surface area (Å²) in [5.74, 6) is 0.199. The number of benzene rings is 1. The van der Waals surface area contributed by atoms with E-state index in [0.29, 0.717) is 19.0 Å². The molecule has 4 heteroatoms. The smallest absolute Gasteiger partial charge is 0.240 e. The van der Waals surface area contributed by atoms with Crippen molar-refractivity contribution in [2.75, 3.05) is 6.54 Å². The van der Waals surface area contributed by atoms with E-state index in [4.69, 9.17) is 5.73 Å². The van der Waals surface area contributed by atoms with Crippen LogP contribution in [0.15, 0.2) is 36.9 Å². The van der Waals surface area contributed by atoms with Gasteiger partial charge in [0, 0.05) is 12.6 Å². The molecule has 0 heterocycles. The monoisotopic (exact) mass is 260 g/mol. The quantitative estimate of drug-likeness (QED) is 0.761. The highest BCUT2D eigenvalue weighted by atomic mass is 16.3. The lowest BCUT2D eigenvalue weighted by molar-refractivity contribution is -0.132. The van der Waals surface area contributed by atoms with Crippen LogP contribution in [0, 0.1) is 0 Å². The molecule has 1 aliphatic carbocycles. The van der Waals surface area contributed by atoms with E-state index in [1.807, 2.05) is 4.90 Å². The highest BCUT2D eigenvalue weighted by Gasteiger charge is 2.33. The lowest BCUT2D eigenvalue weighted by Gasteiger charge is -2.24. The molecule has 1 saturated carbocycles. The van der Waals surface area contributed by atoms with E-state index < -0.39 is 6.04 Å². The van der Waals surface area contributed by atoms with Crippen molar-refractivity contribution in [2.45, 2.75) is 31.3 Å². The molecule has 3 N–H and O–H groups in total. The molecular weight excluding hydrogens is 240 g/mol. The number of phenolic OH excluding ortho intramolecular Hbond substituents is 1. The van der Waals surface area contributed by atoms with Crippen LogP contribution in [-0.2, 0) is 11.2 Å². The zero-order chi connectivity index (χ0) is 13.8. The Hall–Kier alpha value is -1.81. The summed E-state index contributed by atoms with van der Waals surface area (Å²) in [5, 5.41) is 9.22. The molecule has 2 rings (SSSR count). The molecule has 1 amide bonds. The summed E-state index contributed by atoms with van der Waals surface area (Å²) in [5.41, 5.74) is 6.95. The molecule has 1 fully saturated rings. The summed E-state index contributed by atoms with van der Waals surface area (Å²) >= 11 is 0. The fourth-order valence-corrected chi connectivity index (χ4v) is 2.13. The van der Waals surface area contributed by atoms with Crippen LogP contribution in [0.4, 0.5) is 0 Å².